The van der Waals surface area contributed by atoms with Crippen LogP contribution in [0.4, 0.5) is 0 Å². The van der Waals surface area contributed by atoms with Crippen LogP contribution in [0.1, 0.15) is 35.5 Å². The molecule has 2 aromatic rings. The highest BCUT2D eigenvalue weighted by molar-refractivity contribution is 5.95. The quantitative estimate of drug-likeness (QED) is 0.555. The molecule has 2 amide bonds. The average molecular weight is 387 g/mol. The summed E-state index contributed by atoms with van der Waals surface area (Å²) in [6, 6.07) is 6.76. The van der Waals surface area contributed by atoms with Crippen molar-refractivity contribution in [3.05, 3.63) is 47.4 Å². The Kier molecular flexibility index (Phi) is 7.20. The van der Waals surface area contributed by atoms with E-state index in [2.05, 4.69) is 10.5 Å². The predicted octanol–water partition coefficient (Wildman–Crippen LogP) is 2.61. The van der Waals surface area contributed by atoms with E-state index >= 15 is 0 Å². The number of ether oxygens (including phenoxy) is 2. The fourth-order valence-electron chi connectivity index (χ4n) is 2.42. The Bertz CT molecular complexity index is 857. The van der Waals surface area contributed by atoms with Crippen LogP contribution in [0.3, 0.4) is 0 Å². The molecule has 0 fully saturated rings. The van der Waals surface area contributed by atoms with Crippen molar-refractivity contribution in [2.45, 2.75) is 26.9 Å². The number of benzene rings is 1. The number of carbonyl (C=O) groups is 2. The van der Waals surface area contributed by atoms with Gasteiger partial charge in [0.05, 0.1) is 24.6 Å². The Morgan fingerprint density at radius 3 is 2.64 bits per heavy atom. The summed E-state index contributed by atoms with van der Waals surface area (Å²) in [4.78, 5) is 25.5. The SMILES string of the molecule is CCOc1cc(/C=N\NC(=O)c2ccoc2C)ccc1O[C@H](C)C(=O)N(C)C. The van der Waals surface area contributed by atoms with E-state index in [1.165, 1.54) is 17.4 Å². The zero-order valence-corrected chi connectivity index (χ0v) is 16.7. The smallest absolute Gasteiger partial charge is 0.274 e. The van der Waals surface area contributed by atoms with Gasteiger partial charge in [-0.3, -0.25) is 9.59 Å². The summed E-state index contributed by atoms with van der Waals surface area (Å²) in [5, 5.41) is 3.96. The van der Waals surface area contributed by atoms with E-state index in [-0.39, 0.29) is 11.8 Å². The third kappa shape index (κ3) is 5.35. The van der Waals surface area contributed by atoms with Crippen molar-refractivity contribution in [2.24, 2.45) is 5.10 Å². The zero-order valence-electron chi connectivity index (χ0n) is 16.7. The van der Waals surface area contributed by atoms with E-state index < -0.39 is 6.10 Å². The molecule has 0 spiro atoms. The molecule has 1 aromatic heterocycles. The van der Waals surface area contributed by atoms with Gasteiger partial charge >= 0.3 is 0 Å². The molecule has 1 atom stereocenters. The van der Waals surface area contributed by atoms with Crippen LogP contribution in [0.15, 0.2) is 40.0 Å². The van der Waals surface area contributed by atoms with Gasteiger partial charge in [0.1, 0.15) is 5.76 Å². The summed E-state index contributed by atoms with van der Waals surface area (Å²) in [5.41, 5.74) is 3.58. The number of rotatable bonds is 8. The van der Waals surface area contributed by atoms with Gasteiger partial charge in [-0.25, -0.2) is 5.43 Å². The summed E-state index contributed by atoms with van der Waals surface area (Å²) in [6.45, 7) is 5.67. The highest BCUT2D eigenvalue weighted by Crippen LogP contribution is 2.29. The Morgan fingerprint density at radius 2 is 2.04 bits per heavy atom. The van der Waals surface area contributed by atoms with Gasteiger partial charge in [0, 0.05) is 14.1 Å². The standard InChI is InChI=1S/C20H25N3O5/c1-6-26-18-11-15(7-8-17(18)28-14(3)20(25)23(4)5)12-21-22-19(24)16-9-10-27-13(16)2/h7-12,14H,6H2,1-5H3,(H,22,24)/b21-12-/t14-/m1/s1. The molecule has 0 unspecified atom stereocenters. The highest BCUT2D eigenvalue weighted by atomic mass is 16.5. The van der Waals surface area contributed by atoms with Gasteiger partial charge in [-0.05, 0) is 50.6 Å². The van der Waals surface area contributed by atoms with E-state index in [0.29, 0.717) is 35.0 Å². The summed E-state index contributed by atoms with van der Waals surface area (Å²) < 4.78 is 16.4. The molecule has 1 heterocycles. The number of hydrogen-bond donors (Lipinski definition) is 1. The monoisotopic (exact) mass is 387 g/mol. The fraction of sp³-hybridized carbons (Fsp3) is 0.350. The molecule has 28 heavy (non-hydrogen) atoms. The van der Waals surface area contributed by atoms with Crippen LogP contribution < -0.4 is 14.9 Å². The largest absolute Gasteiger partial charge is 0.490 e. The molecule has 0 radical (unpaired) electrons. The number of nitrogens with one attached hydrogen (secondary N) is 1. The Balaban J connectivity index is 2.09. The lowest BCUT2D eigenvalue weighted by molar-refractivity contribution is -0.135. The van der Waals surface area contributed by atoms with Gasteiger partial charge in [0.25, 0.3) is 11.8 Å². The molecule has 8 nitrogen and oxygen atoms in total. The van der Waals surface area contributed by atoms with Gasteiger partial charge in [-0.15, -0.1) is 0 Å². The van der Waals surface area contributed by atoms with Crippen molar-refractivity contribution < 1.29 is 23.5 Å². The topological polar surface area (TPSA) is 93.4 Å². The second kappa shape index (κ2) is 9.59. The maximum atomic E-state index is 12.0. The number of hydrazone groups is 1. The maximum Gasteiger partial charge on any atom is 0.274 e. The van der Waals surface area contributed by atoms with Gasteiger partial charge in [0.2, 0.25) is 0 Å². The lowest BCUT2D eigenvalue weighted by Gasteiger charge is -2.20. The van der Waals surface area contributed by atoms with Gasteiger partial charge < -0.3 is 18.8 Å². The first-order valence-corrected chi connectivity index (χ1v) is 8.85. The summed E-state index contributed by atoms with van der Waals surface area (Å²) in [7, 11) is 3.34. The van der Waals surface area contributed by atoms with Crippen molar-refractivity contribution in [2.75, 3.05) is 20.7 Å². The number of carbonyl (C=O) groups excluding carboxylic acids is 2. The van der Waals surface area contributed by atoms with Crippen molar-refractivity contribution in [1.82, 2.24) is 10.3 Å². The molecule has 2 rings (SSSR count). The second-order valence-electron chi connectivity index (χ2n) is 6.22. The molecule has 0 aliphatic rings. The van der Waals surface area contributed by atoms with Crippen molar-refractivity contribution >= 4 is 18.0 Å². The molecule has 0 aliphatic carbocycles. The summed E-state index contributed by atoms with van der Waals surface area (Å²) in [5.74, 6) is 0.963. The first kappa shape index (κ1) is 21.0. The van der Waals surface area contributed by atoms with Crippen LogP contribution in [0, 0.1) is 6.92 Å². The van der Waals surface area contributed by atoms with Gasteiger partial charge in [-0.2, -0.15) is 5.10 Å². The minimum Gasteiger partial charge on any atom is -0.490 e. The van der Waals surface area contributed by atoms with Gasteiger partial charge in [0.15, 0.2) is 17.6 Å². The molecular formula is C20H25N3O5. The predicted molar refractivity (Wildman–Crippen MR) is 105 cm³/mol. The third-order valence-electron chi connectivity index (χ3n) is 3.84. The van der Waals surface area contributed by atoms with Crippen LogP contribution in [0.5, 0.6) is 11.5 Å². The van der Waals surface area contributed by atoms with E-state index in [0.717, 1.165) is 0 Å². The van der Waals surface area contributed by atoms with Crippen LogP contribution in [-0.2, 0) is 4.79 Å². The molecule has 0 bridgehead atoms. The van der Waals surface area contributed by atoms with Crippen LogP contribution in [0.2, 0.25) is 0 Å². The van der Waals surface area contributed by atoms with E-state index in [9.17, 15) is 9.59 Å². The van der Waals surface area contributed by atoms with E-state index in [1.807, 2.05) is 6.92 Å². The Labute approximate surface area is 164 Å². The Hall–Kier alpha value is -3.29. The van der Waals surface area contributed by atoms with Crippen molar-refractivity contribution in [3.63, 3.8) is 0 Å². The van der Waals surface area contributed by atoms with Crippen LogP contribution >= 0.6 is 0 Å². The maximum absolute atomic E-state index is 12.0. The summed E-state index contributed by atoms with van der Waals surface area (Å²) in [6.07, 6.45) is 2.29. The van der Waals surface area contributed by atoms with Crippen molar-refractivity contribution in [1.29, 1.82) is 0 Å². The van der Waals surface area contributed by atoms with Crippen LogP contribution in [-0.4, -0.2) is 49.7 Å². The molecule has 1 aromatic carbocycles. The minimum absolute atomic E-state index is 0.148. The number of hydrogen-bond acceptors (Lipinski definition) is 6. The number of likely N-dealkylation sites (N-methyl/N-ethyl adjacent to an activating group) is 1. The molecule has 0 saturated carbocycles. The first-order chi connectivity index (χ1) is 13.3. The number of aryl methyl sites for hydroxylation is 1. The molecule has 150 valence electrons. The molecule has 0 aliphatic heterocycles. The lowest BCUT2D eigenvalue weighted by Crippen LogP contribution is -2.35. The molecule has 1 N–H and O–H groups in total. The normalized spacial score (nSPS) is 11.9. The summed E-state index contributed by atoms with van der Waals surface area (Å²) >= 11 is 0. The van der Waals surface area contributed by atoms with Gasteiger partial charge in [-0.1, -0.05) is 0 Å². The first-order valence-electron chi connectivity index (χ1n) is 8.85. The molecular weight excluding hydrogens is 362 g/mol. The van der Waals surface area contributed by atoms with E-state index in [1.54, 1.807) is 52.2 Å². The molecule has 0 saturated heterocycles. The van der Waals surface area contributed by atoms with E-state index in [4.69, 9.17) is 13.9 Å². The number of nitrogens with zero attached hydrogens (tertiary/aromatic N) is 2. The number of furan rings is 1. The van der Waals surface area contributed by atoms with Crippen molar-refractivity contribution in [3.8, 4) is 11.5 Å². The second-order valence-corrected chi connectivity index (χ2v) is 6.22. The minimum atomic E-state index is -0.647. The fourth-order valence-corrected chi connectivity index (χ4v) is 2.42. The average Bonchev–Trinajstić information content (AvgIpc) is 3.09. The lowest BCUT2D eigenvalue weighted by atomic mass is 10.2. The third-order valence-corrected chi connectivity index (χ3v) is 3.84. The van der Waals surface area contributed by atoms with Crippen LogP contribution in [0.25, 0.3) is 0 Å². The Morgan fingerprint density at radius 1 is 1.29 bits per heavy atom. The molecule has 8 heteroatoms. The highest BCUT2D eigenvalue weighted by Gasteiger charge is 2.18. The zero-order chi connectivity index (χ0) is 20.7. The number of amides is 2.